The standard InChI is InChI=1S/C26H26N2O4/c29-25(27-17-20-8-10-22(11-9-20)28-16-4-7-26(28)30)19-32-24-14-12-23(13-15-24)31-18-21-5-2-1-3-6-21/h1-3,5-6,8-15H,4,7,16-19H2,(H,27,29). The number of nitrogens with one attached hydrogen (secondary N) is 1. The molecule has 0 radical (unpaired) electrons. The summed E-state index contributed by atoms with van der Waals surface area (Å²) in [5.74, 6) is 1.31. The van der Waals surface area contributed by atoms with Gasteiger partial charge in [0.05, 0.1) is 0 Å². The van der Waals surface area contributed by atoms with Gasteiger partial charge in [0.25, 0.3) is 5.91 Å². The van der Waals surface area contributed by atoms with Gasteiger partial charge in [-0.15, -0.1) is 0 Å². The van der Waals surface area contributed by atoms with Gasteiger partial charge in [0.1, 0.15) is 18.1 Å². The van der Waals surface area contributed by atoms with Crippen molar-refractivity contribution in [3.63, 3.8) is 0 Å². The van der Waals surface area contributed by atoms with Crippen LogP contribution in [0.25, 0.3) is 0 Å². The van der Waals surface area contributed by atoms with E-state index in [4.69, 9.17) is 9.47 Å². The average molecular weight is 431 g/mol. The second-order valence-corrected chi connectivity index (χ2v) is 7.63. The van der Waals surface area contributed by atoms with Crippen molar-refractivity contribution in [2.24, 2.45) is 0 Å². The van der Waals surface area contributed by atoms with Crippen LogP contribution in [0.1, 0.15) is 24.0 Å². The van der Waals surface area contributed by atoms with Crippen molar-refractivity contribution in [2.75, 3.05) is 18.1 Å². The zero-order valence-electron chi connectivity index (χ0n) is 17.8. The van der Waals surface area contributed by atoms with E-state index in [1.807, 2.05) is 66.7 Å². The van der Waals surface area contributed by atoms with Gasteiger partial charge in [0.15, 0.2) is 6.61 Å². The monoisotopic (exact) mass is 430 g/mol. The summed E-state index contributed by atoms with van der Waals surface area (Å²) in [6, 6.07) is 24.9. The second-order valence-electron chi connectivity index (χ2n) is 7.63. The summed E-state index contributed by atoms with van der Waals surface area (Å²) in [5, 5.41) is 2.85. The van der Waals surface area contributed by atoms with Gasteiger partial charge in [-0.1, -0.05) is 42.5 Å². The minimum atomic E-state index is -0.201. The smallest absolute Gasteiger partial charge is 0.258 e. The number of anilines is 1. The lowest BCUT2D eigenvalue weighted by Crippen LogP contribution is -2.28. The van der Waals surface area contributed by atoms with Gasteiger partial charge in [0.2, 0.25) is 5.91 Å². The molecular weight excluding hydrogens is 404 g/mol. The van der Waals surface area contributed by atoms with Gasteiger partial charge in [-0.05, 0) is 53.9 Å². The Kier molecular flexibility index (Phi) is 7.02. The summed E-state index contributed by atoms with van der Waals surface area (Å²) in [4.78, 5) is 25.7. The molecule has 6 nitrogen and oxygen atoms in total. The molecule has 3 aromatic rings. The van der Waals surface area contributed by atoms with Crippen LogP contribution in [-0.2, 0) is 22.7 Å². The van der Waals surface area contributed by atoms with E-state index in [1.54, 1.807) is 17.0 Å². The number of nitrogens with zero attached hydrogens (tertiary/aromatic N) is 1. The van der Waals surface area contributed by atoms with Gasteiger partial charge in [-0.25, -0.2) is 0 Å². The molecule has 1 aliphatic rings. The molecule has 1 aliphatic heterocycles. The van der Waals surface area contributed by atoms with Gasteiger partial charge >= 0.3 is 0 Å². The van der Waals surface area contributed by atoms with E-state index in [0.29, 0.717) is 25.3 Å². The van der Waals surface area contributed by atoms with Gasteiger partial charge in [0, 0.05) is 25.2 Å². The van der Waals surface area contributed by atoms with Gasteiger partial charge in [-0.2, -0.15) is 0 Å². The first-order chi connectivity index (χ1) is 15.7. The molecule has 1 fully saturated rings. The van der Waals surface area contributed by atoms with Gasteiger partial charge < -0.3 is 19.7 Å². The van der Waals surface area contributed by atoms with Crippen molar-refractivity contribution < 1.29 is 19.1 Å². The van der Waals surface area contributed by atoms with Crippen molar-refractivity contribution in [1.29, 1.82) is 0 Å². The lowest BCUT2D eigenvalue weighted by atomic mass is 10.2. The average Bonchev–Trinajstić information content (AvgIpc) is 3.27. The zero-order chi connectivity index (χ0) is 22.2. The number of carbonyl (C=O) groups excluding carboxylic acids is 2. The highest BCUT2D eigenvalue weighted by Gasteiger charge is 2.21. The van der Waals surface area contributed by atoms with Crippen LogP contribution in [-0.4, -0.2) is 25.0 Å². The fourth-order valence-electron chi connectivity index (χ4n) is 3.49. The number of rotatable bonds is 9. The third-order valence-electron chi connectivity index (χ3n) is 5.25. The SMILES string of the molecule is O=C(COc1ccc(OCc2ccccc2)cc1)NCc1ccc(N2CCCC2=O)cc1. The number of hydrogen-bond donors (Lipinski definition) is 1. The highest BCUT2D eigenvalue weighted by atomic mass is 16.5. The Morgan fingerprint density at radius 2 is 1.53 bits per heavy atom. The van der Waals surface area contributed by atoms with E-state index >= 15 is 0 Å². The third kappa shape index (κ3) is 5.88. The summed E-state index contributed by atoms with van der Waals surface area (Å²) < 4.78 is 11.3. The highest BCUT2D eigenvalue weighted by Crippen LogP contribution is 2.22. The van der Waals surface area contributed by atoms with Gasteiger partial charge in [-0.3, -0.25) is 9.59 Å². The Labute approximate surface area is 187 Å². The van der Waals surface area contributed by atoms with Crippen LogP contribution in [0.4, 0.5) is 5.69 Å². The van der Waals surface area contributed by atoms with Crippen LogP contribution in [0.2, 0.25) is 0 Å². The lowest BCUT2D eigenvalue weighted by Gasteiger charge is -2.16. The van der Waals surface area contributed by atoms with Crippen molar-refractivity contribution in [2.45, 2.75) is 26.0 Å². The summed E-state index contributed by atoms with van der Waals surface area (Å²) >= 11 is 0. The molecule has 3 aromatic carbocycles. The van der Waals surface area contributed by atoms with E-state index in [0.717, 1.165) is 35.5 Å². The topological polar surface area (TPSA) is 67.9 Å². The zero-order valence-corrected chi connectivity index (χ0v) is 17.8. The summed E-state index contributed by atoms with van der Waals surface area (Å²) in [5.41, 5.74) is 2.97. The molecule has 0 aliphatic carbocycles. The number of benzene rings is 3. The first-order valence-corrected chi connectivity index (χ1v) is 10.7. The Balaban J connectivity index is 1.18. The molecule has 0 saturated carbocycles. The van der Waals surface area contributed by atoms with Crippen molar-refractivity contribution in [3.05, 3.63) is 90.0 Å². The quantitative estimate of drug-likeness (QED) is 0.555. The second kappa shape index (κ2) is 10.5. The molecule has 6 heteroatoms. The molecule has 0 aromatic heterocycles. The van der Waals surface area contributed by atoms with Crippen LogP contribution < -0.4 is 19.7 Å². The normalized spacial score (nSPS) is 13.1. The number of carbonyl (C=O) groups is 2. The molecule has 32 heavy (non-hydrogen) atoms. The molecule has 1 heterocycles. The summed E-state index contributed by atoms with van der Waals surface area (Å²) in [7, 11) is 0. The van der Waals surface area contributed by atoms with Crippen LogP contribution in [0, 0.1) is 0 Å². The van der Waals surface area contributed by atoms with E-state index in [9.17, 15) is 9.59 Å². The Morgan fingerprint density at radius 3 is 2.19 bits per heavy atom. The maximum absolute atomic E-state index is 12.1. The fourth-order valence-corrected chi connectivity index (χ4v) is 3.49. The minimum absolute atomic E-state index is 0.0649. The lowest BCUT2D eigenvalue weighted by molar-refractivity contribution is -0.123. The molecule has 1 N–H and O–H groups in total. The summed E-state index contributed by atoms with van der Waals surface area (Å²) in [6.45, 7) is 1.61. The van der Waals surface area contributed by atoms with Crippen LogP contribution in [0.15, 0.2) is 78.9 Å². The maximum atomic E-state index is 12.1. The third-order valence-corrected chi connectivity index (χ3v) is 5.25. The van der Waals surface area contributed by atoms with Crippen LogP contribution in [0.3, 0.4) is 0 Å². The molecule has 164 valence electrons. The van der Waals surface area contributed by atoms with E-state index in [2.05, 4.69) is 5.32 Å². The Morgan fingerprint density at radius 1 is 0.844 bits per heavy atom. The Hall–Kier alpha value is -3.80. The molecule has 1 saturated heterocycles. The molecule has 0 bridgehead atoms. The molecule has 2 amide bonds. The van der Waals surface area contributed by atoms with E-state index in [1.165, 1.54) is 0 Å². The minimum Gasteiger partial charge on any atom is -0.489 e. The first kappa shape index (κ1) is 21.4. The van der Waals surface area contributed by atoms with E-state index < -0.39 is 0 Å². The first-order valence-electron chi connectivity index (χ1n) is 10.7. The molecule has 0 spiro atoms. The Bertz CT molecular complexity index is 1030. The van der Waals surface area contributed by atoms with Crippen molar-refractivity contribution in [3.8, 4) is 11.5 Å². The van der Waals surface area contributed by atoms with E-state index in [-0.39, 0.29) is 18.4 Å². The largest absolute Gasteiger partial charge is 0.489 e. The predicted molar refractivity (Wildman–Crippen MR) is 123 cm³/mol. The fraction of sp³-hybridized carbons (Fsp3) is 0.231. The molecule has 0 atom stereocenters. The molecule has 4 rings (SSSR count). The van der Waals surface area contributed by atoms with Crippen molar-refractivity contribution in [1.82, 2.24) is 5.32 Å². The highest BCUT2D eigenvalue weighted by molar-refractivity contribution is 5.95. The van der Waals surface area contributed by atoms with Crippen LogP contribution >= 0.6 is 0 Å². The molecule has 0 unspecified atom stereocenters. The van der Waals surface area contributed by atoms with Crippen molar-refractivity contribution >= 4 is 17.5 Å². The number of hydrogen-bond acceptors (Lipinski definition) is 4. The maximum Gasteiger partial charge on any atom is 0.258 e. The molecular formula is C26H26N2O4. The predicted octanol–water partition coefficient (Wildman–Crippen LogP) is 4.09. The number of ether oxygens (including phenoxy) is 2. The van der Waals surface area contributed by atoms with Crippen LogP contribution in [0.5, 0.6) is 11.5 Å². The number of amides is 2. The summed E-state index contributed by atoms with van der Waals surface area (Å²) in [6.07, 6.45) is 1.52.